The molecule has 0 unspecified atom stereocenters. The van der Waals surface area contributed by atoms with Crippen molar-refractivity contribution < 1.29 is 9.53 Å². The van der Waals surface area contributed by atoms with Crippen LogP contribution < -0.4 is 9.64 Å². The van der Waals surface area contributed by atoms with E-state index in [9.17, 15) is 4.79 Å². The van der Waals surface area contributed by atoms with Crippen molar-refractivity contribution in [3.8, 4) is 5.75 Å². The van der Waals surface area contributed by atoms with Gasteiger partial charge in [-0.15, -0.1) is 0 Å². The summed E-state index contributed by atoms with van der Waals surface area (Å²) in [6, 6.07) is 6.56. The number of ether oxygens (including phenoxy) is 1. The number of likely N-dealkylation sites (N-methyl/N-ethyl adjacent to an activating group) is 1. The first-order chi connectivity index (χ1) is 10.1. The first-order valence-electron chi connectivity index (χ1n) is 7.49. The largest absolute Gasteiger partial charge is 0.482 e. The van der Waals surface area contributed by atoms with Crippen molar-refractivity contribution in [3.63, 3.8) is 0 Å². The second-order valence-corrected chi connectivity index (χ2v) is 6.96. The highest BCUT2D eigenvalue weighted by Gasteiger charge is 2.38. The number of carbonyl (C=O) groups excluding carboxylic acids is 1. The second-order valence-electron chi connectivity index (χ2n) is 6.05. The molecule has 4 nitrogen and oxygen atoms in total. The molecule has 0 radical (unpaired) electrons. The Morgan fingerprint density at radius 1 is 1.29 bits per heavy atom. The summed E-state index contributed by atoms with van der Waals surface area (Å²) in [6.07, 6.45) is 4.63. The minimum Gasteiger partial charge on any atom is -0.482 e. The molecule has 2 atom stereocenters. The van der Waals surface area contributed by atoms with Crippen molar-refractivity contribution in [2.24, 2.45) is 0 Å². The summed E-state index contributed by atoms with van der Waals surface area (Å²) in [5.41, 5.74) is 0.910. The van der Waals surface area contributed by atoms with E-state index >= 15 is 0 Å². The Hall–Kier alpha value is -1.07. The standard InChI is InChI=1S/C16H21BrN2O2/c1-18(2)12-5-3-4-6-13(12)19-14-8-7-11(17)9-15(14)21-10-16(19)20/h7-9,12-13H,3-6,10H2,1-2H3/t12-,13-/m0/s1. The normalized spacial score (nSPS) is 25.7. The van der Waals surface area contributed by atoms with Crippen LogP contribution in [0.15, 0.2) is 22.7 Å². The van der Waals surface area contributed by atoms with Gasteiger partial charge in [0.2, 0.25) is 0 Å². The third-order valence-corrected chi connectivity index (χ3v) is 4.98. The molecule has 1 aromatic rings. The number of rotatable bonds is 2. The molecule has 0 aromatic heterocycles. The lowest BCUT2D eigenvalue weighted by Crippen LogP contribution is -2.55. The minimum absolute atomic E-state index is 0.0728. The Bertz CT molecular complexity index is 547. The first kappa shape index (κ1) is 14.9. The van der Waals surface area contributed by atoms with Crippen LogP contribution in [0, 0.1) is 0 Å². The van der Waals surface area contributed by atoms with Crippen molar-refractivity contribution in [1.29, 1.82) is 0 Å². The van der Waals surface area contributed by atoms with Crippen molar-refractivity contribution in [2.45, 2.75) is 37.8 Å². The molecule has 5 heteroatoms. The summed E-state index contributed by atoms with van der Waals surface area (Å²) >= 11 is 3.46. The van der Waals surface area contributed by atoms with Crippen molar-refractivity contribution in [3.05, 3.63) is 22.7 Å². The third kappa shape index (κ3) is 2.81. The lowest BCUT2D eigenvalue weighted by Gasteiger charge is -2.44. The molecule has 114 valence electrons. The van der Waals surface area contributed by atoms with Gasteiger partial charge in [-0.25, -0.2) is 0 Å². The van der Waals surface area contributed by atoms with Gasteiger partial charge in [0, 0.05) is 10.5 Å². The summed E-state index contributed by atoms with van der Waals surface area (Å²) in [5.74, 6) is 0.871. The van der Waals surface area contributed by atoms with Crippen molar-refractivity contribution >= 4 is 27.5 Å². The number of hydrogen-bond donors (Lipinski definition) is 0. The molecule has 0 bridgehead atoms. The molecular weight excluding hydrogens is 332 g/mol. The third-order valence-electron chi connectivity index (χ3n) is 4.49. The van der Waals surface area contributed by atoms with Crippen LogP contribution >= 0.6 is 15.9 Å². The molecule has 1 aromatic carbocycles. The van der Waals surface area contributed by atoms with E-state index in [1.165, 1.54) is 12.8 Å². The molecule has 3 rings (SSSR count). The lowest BCUT2D eigenvalue weighted by atomic mass is 9.87. The van der Waals surface area contributed by atoms with Crippen LogP contribution in [0.2, 0.25) is 0 Å². The van der Waals surface area contributed by atoms with Crippen LogP contribution in [0.5, 0.6) is 5.75 Å². The molecule has 1 aliphatic heterocycles. The number of hydrogen-bond acceptors (Lipinski definition) is 3. The Kier molecular flexibility index (Phi) is 4.22. The highest BCUT2D eigenvalue weighted by atomic mass is 79.9. The fraction of sp³-hybridized carbons (Fsp3) is 0.562. The van der Waals surface area contributed by atoms with E-state index in [1.54, 1.807) is 0 Å². The van der Waals surface area contributed by atoms with Crippen LogP contribution in [0.25, 0.3) is 0 Å². The Morgan fingerprint density at radius 3 is 2.81 bits per heavy atom. The number of carbonyl (C=O) groups is 1. The summed E-state index contributed by atoms with van der Waals surface area (Å²) in [7, 11) is 4.22. The van der Waals surface area contributed by atoms with Crippen LogP contribution in [0.3, 0.4) is 0 Å². The maximum absolute atomic E-state index is 12.5. The quantitative estimate of drug-likeness (QED) is 0.819. The van der Waals surface area contributed by atoms with E-state index in [0.29, 0.717) is 6.04 Å². The summed E-state index contributed by atoms with van der Waals surface area (Å²) in [6.45, 7) is 0.139. The molecule has 1 heterocycles. The van der Waals surface area contributed by atoms with E-state index in [2.05, 4.69) is 34.9 Å². The second kappa shape index (κ2) is 5.97. The fourth-order valence-corrected chi connectivity index (χ4v) is 3.84. The number of anilines is 1. The van der Waals surface area contributed by atoms with Gasteiger partial charge in [-0.05, 0) is 45.1 Å². The average molecular weight is 353 g/mol. The van der Waals surface area contributed by atoms with Gasteiger partial charge in [0.15, 0.2) is 6.61 Å². The zero-order valence-electron chi connectivity index (χ0n) is 12.5. The molecule has 0 spiro atoms. The van der Waals surface area contributed by atoms with Gasteiger partial charge in [0.1, 0.15) is 5.75 Å². The van der Waals surface area contributed by atoms with E-state index in [-0.39, 0.29) is 18.6 Å². The fourth-order valence-electron chi connectivity index (χ4n) is 3.50. The van der Waals surface area contributed by atoms with Crippen LogP contribution in [-0.2, 0) is 4.79 Å². The van der Waals surface area contributed by atoms with Crippen molar-refractivity contribution in [1.82, 2.24) is 4.90 Å². The maximum atomic E-state index is 12.5. The number of nitrogens with zero attached hydrogens (tertiary/aromatic N) is 2. The minimum atomic E-state index is 0.0728. The monoisotopic (exact) mass is 352 g/mol. The average Bonchev–Trinajstić information content (AvgIpc) is 2.47. The Morgan fingerprint density at radius 2 is 2.05 bits per heavy atom. The van der Waals surface area contributed by atoms with Gasteiger partial charge in [0.25, 0.3) is 5.91 Å². The number of halogens is 1. The van der Waals surface area contributed by atoms with Gasteiger partial charge in [0.05, 0.1) is 11.7 Å². The number of fused-ring (bicyclic) bond motifs is 1. The van der Waals surface area contributed by atoms with Crippen LogP contribution in [0.4, 0.5) is 5.69 Å². The van der Waals surface area contributed by atoms with E-state index in [4.69, 9.17) is 4.74 Å². The molecule has 1 saturated carbocycles. The Labute approximate surface area is 134 Å². The molecule has 0 saturated heterocycles. The molecule has 21 heavy (non-hydrogen) atoms. The molecule has 1 amide bonds. The lowest BCUT2D eigenvalue weighted by molar-refractivity contribution is -0.122. The van der Waals surface area contributed by atoms with Crippen LogP contribution in [0.1, 0.15) is 25.7 Å². The van der Waals surface area contributed by atoms with Gasteiger partial charge in [-0.2, -0.15) is 0 Å². The molecular formula is C16H21BrN2O2. The van der Waals surface area contributed by atoms with Crippen LogP contribution in [-0.4, -0.2) is 43.6 Å². The molecule has 1 fully saturated rings. The molecule has 2 aliphatic rings. The topological polar surface area (TPSA) is 32.8 Å². The zero-order valence-corrected chi connectivity index (χ0v) is 14.1. The van der Waals surface area contributed by atoms with E-state index in [1.807, 2.05) is 23.1 Å². The van der Waals surface area contributed by atoms with Gasteiger partial charge >= 0.3 is 0 Å². The number of amides is 1. The smallest absolute Gasteiger partial charge is 0.265 e. The van der Waals surface area contributed by atoms with Gasteiger partial charge in [-0.1, -0.05) is 28.8 Å². The van der Waals surface area contributed by atoms with Gasteiger partial charge in [-0.3, -0.25) is 4.79 Å². The van der Waals surface area contributed by atoms with E-state index in [0.717, 1.165) is 28.8 Å². The summed E-state index contributed by atoms with van der Waals surface area (Å²) in [4.78, 5) is 16.7. The maximum Gasteiger partial charge on any atom is 0.265 e. The highest BCUT2D eigenvalue weighted by molar-refractivity contribution is 9.10. The highest BCUT2D eigenvalue weighted by Crippen LogP contribution is 2.39. The summed E-state index contributed by atoms with van der Waals surface area (Å²) < 4.78 is 6.57. The molecule has 1 aliphatic carbocycles. The SMILES string of the molecule is CN(C)[C@H]1CCCC[C@@H]1N1C(=O)COc2cc(Br)ccc21. The van der Waals surface area contributed by atoms with E-state index < -0.39 is 0 Å². The predicted molar refractivity (Wildman–Crippen MR) is 86.9 cm³/mol. The van der Waals surface area contributed by atoms with Crippen molar-refractivity contribution in [2.75, 3.05) is 25.6 Å². The Balaban J connectivity index is 1.98. The zero-order chi connectivity index (χ0) is 15.0. The predicted octanol–water partition coefficient (Wildman–Crippen LogP) is 3.05. The molecule has 0 N–H and O–H groups in total. The number of benzene rings is 1. The van der Waals surface area contributed by atoms with Gasteiger partial charge < -0.3 is 14.5 Å². The summed E-state index contributed by atoms with van der Waals surface area (Å²) in [5, 5.41) is 0. The first-order valence-corrected chi connectivity index (χ1v) is 8.28.